The lowest BCUT2D eigenvalue weighted by Crippen LogP contribution is -2.44. The summed E-state index contributed by atoms with van der Waals surface area (Å²) in [5.74, 6) is -0.925. The summed E-state index contributed by atoms with van der Waals surface area (Å²) in [6.07, 6.45) is 0.463. The molecule has 132 valence electrons. The minimum absolute atomic E-state index is 0.181. The Labute approximate surface area is 148 Å². The van der Waals surface area contributed by atoms with Gasteiger partial charge in [0.15, 0.2) is 5.58 Å². The Kier molecular flexibility index (Phi) is 3.64. The topological polar surface area (TPSA) is 84.6 Å². The maximum absolute atomic E-state index is 12.8. The number of benzene rings is 2. The van der Waals surface area contributed by atoms with Gasteiger partial charge in [0.05, 0.1) is 5.52 Å². The predicted molar refractivity (Wildman–Crippen MR) is 97.2 cm³/mol. The molecule has 4 rings (SSSR count). The maximum atomic E-state index is 12.8. The van der Waals surface area contributed by atoms with Crippen LogP contribution in [0.4, 0.5) is 11.4 Å². The highest BCUT2D eigenvalue weighted by Gasteiger charge is 2.36. The normalized spacial score (nSPS) is 15.9. The second-order valence-corrected chi connectivity index (χ2v) is 6.34. The van der Waals surface area contributed by atoms with Gasteiger partial charge in [0.2, 0.25) is 11.8 Å². The van der Waals surface area contributed by atoms with Gasteiger partial charge < -0.3 is 9.73 Å². The van der Waals surface area contributed by atoms with E-state index in [4.69, 9.17) is 4.42 Å². The molecule has 1 aliphatic heterocycles. The predicted octanol–water partition coefficient (Wildman–Crippen LogP) is 2.05. The molecule has 1 aliphatic rings. The first-order valence-corrected chi connectivity index (χ1v) is 8.24. The molecule has 2 aromatic carbocycles. The largest absolute Gasteiger partial charge is 0.419 e. The number of nitrogens with zero attached hydrogens (tertiary/aromatic N) is 2. The summed E-state index contributed by atoms with van der Waals surface area (Å²) in [6.45, 7) is 1.45. The lowest BCUT2D eigenvalue weighted by molar-refractivity contribution is -0.122. The second-order valence-electron chi connectivity index (χ2n) is 6.34. The van der Waals surface area contributed by atoms with Crippen LogP contribution in [0.15, 0.2) is 51.7 Å². The highest BCUT2D eigenvalue weighted by Crippen LogP contribution is 2.32. The molecular formula is C19H17N3O4. The van der Waals surface area contributed by atoms with E-state index < -0.39 is 11.8 Å². The molecule has 0 fully saturated rings. The molecule has 7 nitrogen and oxygen atoms in total. The first-order valence-electron chi connectivity index (χ1n) is 8.24. The molecule has 1 atom stereocenters. The van der Waals surface area contributed by atoms with Crippen LogP contribution in [0.2, 0.25) is 0 Å². The molecule has 3 aromatic rings. The van der Waals surface area contributed by atoms with Crippen LogP contribution in [0.3, 0.4) is 0 Å². The maximum Gasteiger partial charge on any atom is 0.419 e. The minimum atomic E-state index is -0.608. The molecule has 1 aromatic heterocycles. The van der Waals surface area contributed by atoms with Crippen molar-refractivity contribution < 1.29 is 14.0 Å². The number of anilines is 2. The standard InChI is InChI=1S/C19H17N3O4/c1-11(23)22-14-6-4-3-5-12(14)9-16(22)18(24)20-13-7-8-15-17(10-13)26-19(25)21(15)2/h3-8,10,16H,9H2,1-2H3,(H,20,24)/t16-/m0/s1. The highest BCUT2D eigenvalue weighted by atomic mass is 16.4. The first-order chi connectivity index (χ1) is 12.5. The van der Waals surface area contributed by atoms with Crippen molar-refractivity contribution in [3.8, 4) is 0 Å². The third-order valence-corrected chi connectivity index (χ3v) is 4.68. The van der Waals surface area contributed by atoms with Gasteiger partial charge in [0.1, 0.15) is 6.04 Å². The zero-order valence-corrected chi connectivity index (χ0v) is 14.4. The highest BCUT2D eigenvalue weighted by molar-refractivity contribution is 6.06. The lowest BCUT2D eigenvalue weighted by atomic mass is 10.1. The van der Waals surface area contributed by atoms with Gasteiger partial charge >= 0.3 is 5.76 Å². The molecule has 0 aliphatic carbocycles. The third-order valence-electron chi connectivity index (χ3n) is 4.68. The molecular weight excluding hydrogens is 334 g/mol. The average molecular weight is 351 g/mol. The second kappa shape index (κ2) is 5.87. The Morgan fingerprint density at radius 2 is 1.96 bits per heavy atom. The fourth-order valence-corrected chi connectivity index (χ4v) is 3.42. The number of hydrogen-bond donors (Lipinski definition) is 1. The van der Waals surface area contributed by atoms with E-state index in [0.29, 0.717) is 23.2 Å². The van der Waals surface area contributed by atoms with E-state index in [2.05, 4.69) is 5.32 Å². The summed E-state index contributed by atoms with van der Waals surface area (Å²) in [5, 5.41) is 2.82. The molecule has 0 saturated heterocycles. The van der Waals surface area contributed by atoms with Gasteiger partial charge in [-0.1, -0.05) is 18.2 Å². The SMILES string of the molecule is CC(=O)N1c2ccccc2C[C@H]1C(=O)Nc1ccc2c(c1)oc(=O)n2C. The van der Waals surface area contributed by atoms with Crippen molar-refractivity contribution in [2.75, 3.05) is 10.2 Å². The van der Waals surface area contributed by atoms with Gasteiger partial charge in [-0.3, -0.25) is 19.1 Å². The molecule has 7 heteroatoms. The Hall–Kier alpha value is -3.35. The number of hydrogen-bond acceptors (Lipinski definition) is 4. The number of nitrogens with one attached hydrogen (secondary N) is 1. The smallest absolute Gasteiger partial charge is 0.408 e. The number of para-hydroxylation sites is 1. The van der Waals surface area contributed by atoms with Crippen molar-refractivity contribution in [2.24, 2.45) is 7.05 Å². The van der Waals surface area contributed by atoms with E-state index in [0.717, 1.165) is 11.3 Å². The van der Waals surface area contributed by atoms with Gasteiger partial charge in [0, 0.05) is 37.8 Å². The van der Waals surface area contributed by atoms with Crippen molar-refractivity contribution in [3.63, 3.8) is 0 Å². The van der Waals surface area contributed by atoms with E-state index >= 15 is 0 Å². The molecule has 2 amide bonds. The van der Waals surface area contributed by atoms with Gasteiger partial charge in [0.25, 0.3) is 0 Å². The summed E-state index contributed by atoms with van der Waals surface area (Å²) >= 11 is 0. The molecule has 0 unspecified atom stereocenters. The minimum Gasteiger partial charge on any atom is -0.408 e. The van der Waals surface area contributed by atoms with E-state index in [-0.39, 0.29) is 11.8 Å². The number of fused-ring (bicyclic) bond motifs is 2. The van der Waals surface area contributed by atoms with E-state index in [1.54, 1.807) is 25.2 Å². The number of oxazole rings is 1. The quantitative estimate of drug-likeness (QED) is 0.766. The van der Waals surface area contributed by atoms with E-state index in [1.165, 1.54) is 16.4 Å². The van der Waals surface area contributed by atoms with Crippen LogP contribution in [0.5, 0.6) is 0 Å². The number of amides is 2. The van der Waals surface area contributed by atoms with Crippen molar-refractivity contribution >= 4 is 34.3 Å². The first kappa shape index (κ1) is 16.1. The summed E-state index contributed by atoms with van der Waals surface area (Å²) in [4.78, 5) is 38.0. The van der Waals surface area contributed by atoms with Crippen LogP contribution < -0.4 is 16.0 Å². The molecule has 1 N–H and O–H groups in total. The van der Waals surface area contributed by atoms with Gasteiger partial charge in [-0.05, 0) is 23.8 Å². The zero-order chi connectivity index (χ0) is 18.4. The molecule has 0 spiro atoms. The van der Waals surface area contributed by atoms with Crippen molar-refractivity contribution in [1.82, 2.24) is 4.57 Å². The van der Waals surface area contributed by atoms with Crippen LogP contribution >= 0.6 is 0 Å². The summed E-state index contributed by atoms with van der Waals surface area (Å²) in [6, 6.07) is 11.9. The number of carbonyl (C=O) groups is 2. The monoisotopic (exact) mass is 351 g/mol. The summed E-state index contributed by atoms with van der Waals surface area (Å²) < 4.78 is 6.54. The summed E-state index contributed by atoms with van der Waals surface area (Å²) in [7, 11) is 1.62. The van der Waals surface area contributed by atoms with Crippen molar-refractivity contribution in [2.45, 2.75) is 19.4 Å². The van der Waals surface area contributed by atoms with Crippen LogP contribution in [-0.2, 0) is 23.1 Å². The fraction of sp³-hybridized carbons (Fsp3) is 0.211. The van der Waals surface area contributed by atoms with Crippen molar-refractivity contribution in [3.05, 3.63) is 58.6 Å². The zero-order valence-electron chi connectivity index (χ0n) is 14.4. The van der Waals surface area contributed by atoms with Crippen LogP contribution in [0, 0.1) is 0 Å². The number of aromatic nitrogens is 1. The Balaban J connectivity index is 1.62. The van der Waals surface area contributed by atoms with Crippen LogP contribution in [0.25, 0.3) is 11.1 Å². The molecule has 0 radical (unpaired) electrons. The molecule has 0 saturated carbocycles. The van der Waals surface area contributed by atoms with E-state index in [1.807, 2.05) is 24.3 Å². The molecule has 26 heavy (non-hydrogen) atoms. The van der Waals surface area contributed by atoms with Gasteiger partial charge in [-0.15, -0.1) is 0 Å². The Bertz CT molecular complexity index is 1100. The molecule has 2 heterocycles. The van der Waals surface area contributed by atoms with E-state index in [9.17, 15) is 14.4 Å². The van der Waals surface area contributed by atoms with Crippen LogP contribution in [-0.4, -0.2) is 22.4 Å². The fourth-order valence-electron chi connectivity index (χ4n) is 3.42. The number of carbonyl (C=O) groups excluding carboxylic acids is 2. The average Bonchev–Trinajstić information content (AvgIpc) is 3.13. The Morgan fingerprint density at radius 1 is 1.19 bits per heavy atom. The number of rotatable bonds is 2. The third kappa shape index (κ3) is 2.48. The lowest BCUT2D eigenvalue weighted by Gasteiger charge is -2.23. The van der Waals surface area contributed by atoms with Crippen LogP contribution in [0.1, 0.15) is 12.5 Å². The van der Waals surface area contributed by atoms with Gasteiger partial charge in [-0.25, -0.2) is 4.79 Å². The van der Waals surface area contributed by atoms with Gasteiger partial charge in [-0.2, -0.15) is 0 Å². The van der Waals surface area contributed by atoms with Crippen molar-refractivity contribution in [1.29, 1.82) is 0 Å². The number of aryl methyl sites for hydroxylation is 1. The summed E-state index contributed by atoms with van der Waals surface area (Å²) in [5.41, 5.74) is 3.29. The molecule has 0 bridgehead atoms. The Morgan fingerprint density at radius 3 is 2.73 bits per heavy atom.